The summed E-state index contributed by atoms with van der Waals surface area (Å²) in [5.41, 5.74) is 41.2. The van der Waals surface area contributed by atoms with E-state index in [-0.39, 0.29) is 153 Å². The molecule has 2 aromatic carbocycles. The lowest BCUT2D eigenvalue weighted by Crippen LogP contribution is -2.38. The van der Waals surface area contributed by atoms with Crippen molar-refractivity contribution < 1.29 is 81.4 Å². The number of aromatic hydroxyl groups is 1. The number of para-hydroxylation sites is 1. The lowest BCUT2D eigenvalue weighted by atomic mass is 9.99. The van der Waals surface area contributed by atoms with Gasteiger partial charge in [-0.2, -0.15) is 0 Å². The van der Waals surface area contributed by atoms with Crippen LogP contribution in [0, 0.1) is 38.9 Å². The molecule has 0 aliphatic carbocycles. The van der Waals surface area contributed by atoms with Crippen LogP contribution in [0.15, 0.2) is 115 Å². The Balaban J connectivity index is 2.32. The Morgan fingerprint density at radius 1 is 0.443 bits per heavy atom. The van der Waals surface area contributed by atoms with E-state index in [1.54, 1.807) is 58.2 Å². The van der Waals surface area contributed by atoms with Gasteiger partial charge in [-0.25, -0.2) is 64.7 Å². The number of nitrogens with two attached hydrogens (primary N) is 7. The Kier molecular flexibility index (Phi) is 46.6. The fourth-order valence-electron chi connectivity index (χ4n) is 11.8. The highest BCUT2D eigenvalue weighted by Crippen LogP contribution is 2.25. The van der Waals surface area contributed by atoms with Crippen molar-refractivity contribution in [2.24, 2.45) is 112 Å². The van der Waals surface area contributed by atoms with E-state index in [0.29, 0.717) is 41.3 Å². The van der Waals surface area contributed by atoms with Gasteiger partial charge in [0.25, 0.3) is 0 Å². The Morgan fingerprint density at radius 3 is 1.20 bits per heavy atom. The van der Waals surface area contributed by atoms with Crippen molar-refractivity contribution in [1.29, 1.82) is 27.0 Å². The van der Waals surface area contributed by atoms with E-state index in [1.807, 2.05) is 0 Å². The van der Waals surface area contributed by atoms with Crippen molar-refractivity contribution >= 4 is 117 Å². The molecule has 1 aromatic heterocycles. The summed E-state index contributed by atoms with van der Waals surface area (Å²) < 4.78 is 0. The molecule has 0 fully saturated rings. The third-order valence-electron chi connectivity index (χ3n) is 18.5. The number of H-pyrrole nitrogens is 1. The number of phenolic OH excluding ortho intramolecular Hbond substituents is 1. The minimum absolute atomic E-state index is 0.0192. The fraction of sp³-hybridized carbons (Fsp3) is 0.579. The van der Waals surface area contributed by atoms with E-state index in [0.717, 1.165) is 0 Å². The van der Waals surface area contributed by atoms with Gasteiger partial charge in [0.05, 0.1) is 6.61 Å². The maximum absolute atomic E-state index is 12.4. The number of carbonyl (C=O) groups is 1. The second-order valence-corrected chi connectivity index (χ2v) is 29.1. The van der Waals surface area contributed by atoms with Crippen molar-refractivity contribution in [1.82, 2.24) is 31.6 Å². The average Bonchev–Trinajstić information content (AvgIpc) is 1.64. The molecule has 40 N–H and O–H groups in total. The Morgan fingerprint density at radius 2 is 0.811 bits per heavy atom. The molecule has 122 heavy (non-hydrogen) atoms. The summed E-state index contributed by atoms with van der Waals surface area (Å²) in [4.78, 5) is 67.3. The van der Waals surface area contributed by atoms with E-state index in [4.69, 9.17) is 67.2 Å². The number of aliphatic carboxylic acids is 1. The number of hydrogen-bond acceptors (Lipinski definition) is 22. The monoisotopic (exact) mass is 1720 g/mol. The molecular weight excluding hydrogens is 1590 g/mol. The highest BCUT2D eigenvalue weighted by Gasteiger charge is 2.32. The van der Waals surface area contributed by atoms with Gasteiger partial charge in [0.15, 0.2) is 35.8 Å². The molecule has 0 saturated heterocycles. The molecule has 0 bridgehead atoms. The standard InChI is InChI=1S/C76H128N30O16/c1-6-41(4)59(106-61(111)47(78)39-107)70(120)104-55(35-43-24-26-45(108)27-25-43)68(118)101-52(21-13-31-91-74(83)84)64(114)98-49(19-11-29-89-72(79)80)62(112)95-38-58(109)96-42(5)60(110)97-51(20-12-30-90-73(81)82)63(113)100-54(23-15-33-93-76(87)88)66(116)103-56(36-44-37-94-48-17-8-7-16-46(44)48)69(119)102-53(22-14-32-92-75(85)86)65(115)99-50(18-9-10-28-77)67(117)105-57(71(121)122)34-40(2)3/h7-8,16-17,24-27,37,40-42,47,49-57,59,94,107-108H,6,9-15,18-23,28-36,38-39,77-78H2,1-5H3,(H,95,112)(H,96,109)(H,97,110)(H,98,114)(H,99,115)(H,100,113)(H,101,118)(H,102,119)(H,103,116)(H,104,120)(H,105,117)(H,106,111)(H,121,122)(H4,79,80,89)(H4,81,82,90)(H4,83,84,91)(H4,85,86,92)(H4,87,88,93). The summed E-state index contributed by atoms with van der Waals surface area (Å²) in [5.74, 6) is -13.3. The number of carboxylic acid groups (broad SMARTS) is 1. The molecule has 0 spiro atoms. The smallest absolute Gasteiger partial charge is 0.328 e. The Bertz CT molecular complexity index is 4200. The van der Waals surface area contributed by atoms with Gasteiger partial charge in [0.2, 0.25) is 70.8 Å². The molecule has 1 heterocycles. The summed E-state index contributed by atoms with van der Waals surface area (Å²) in [6.07, 6.45) is 2.22. The Labute approximate surface area is 706 Å². The zero-order valence-corrected chi connectivity index (χ0v) is 69.5. The topological polar surface area (TPSA) is 846 Å². The molecule has 678 valence electrons. The van der Waals surface area contributed by atoms with Gasteiger partial charge in [0.1, 0.15) is 78.8 Å². The lowest BCUT2D eigenvalue weighted by molar-refractivity contribution is -0.138. The van der Waals surface area contributed by atoms with Crippen LogP contribution in [0.3, 0.4) is 0 Å². The zero-order valence-electron chi connectivity index (χ0n) is 69.5. The van der Waals surface area contributed by atoms with Gasteiger partial charge in [-0.1, -0.05) is 64.4 Å². The van der Waals surface area contributed by atoms with Crippen LogP contribution in [0.2, 0.25) is 0 Å². The summed E-state index contributed by atoms with van der Waals surface area (Å²) in [6.45, 7) is 7.24. The number of fused-ring (bicyclic) bond motifs is 1. The van der Waals surface area contributed by atoms with Gasteiger partial charge in [-0.05, 0) is 145 Å². The molecule has 46 heteroatoms. The SMILES string of the molecule is CCC(C)C(N=C(O)C(N)CO)C(O)=NC(Cc1ccc(O)cc1)C(O)=NC(CCCNC(=N)N)C(O)=NC(CCCNC(=N)N)C(O)=NCC(O)=NC(C)C(O)=NC(CCCNC(=N)N)C(O)=NC(CCCNC(=N)N)C(O)=NC(Cc1c[nH]c2ccccc12)C(O)=NC(CCCNC(=N)N)C(O)=NC(CCCCN)C(O)=NC(CC(C)C)C(=O)O. The van der Waals surface area contributed by atoms with Crippen LogP contribution < -0.4 is 66.7 Å². The first-order valence-electron chi connectivity index (χ1n) is 39.9. The maximum atomic E-state index is 12.4. The minimum Gasteiger partial charge on any atom is -0.508 e. The number of nitrogens with one attached hydrogen (secondary N) is 11. The number of aliphatic hydroxyl groups is 13. The molecule has 46 nitrogen and oxygen atoms in total. The first-order chi connectivity index (χ1) is 57.8. The van der Waals surface area contributed by atoms with Crippen molar-refractivity contribution in [2.45, 2.75) is 216 Å². The van der Waals surface area contributed by atoms with Gasteiger partial charge >= 0.3 is 5.97 Å². The number of phenols is 1. The molecule has 13 unspecified atom stereocenters. The van der Waals surface area contributed by atoms with E-state index < -0.39 is 186 Å². The number of hydrogen-bond donors (Lipinski definition) is 33. The number of benzene rings is 2. The normalized spacial score (nSPS) is 16.8. The van der Waals surface area contributed by atoms with Crippen molar-refractivity contribution in [3.63, 3.8) is 0 Å². The number of aromatic nitrogens is 1. The third-order valence-corrected chi connectivity index (χ3v) is 18.5. The predicted molar refractivity (Wildman–Crippen MR) is 477 cm³/mol. The number of rotatable bonds is 58. The second-order valence-electron chi connectivity index (χ2n) is 29.1. The third kappa shape index (κ3) is 39.8. The molecule has 0 saturated carbocycles. The van der Waals surface area contributed by atoms with Crippen LogP contribution in [0.4, 0.5) is 0 Å². The van der Waals surface area contributed by atoms with Gasteiger partial charge in [0, 0.05) is 62.7 Å². The van der Waals surface area contributed by atoms with E-state index in [2.05, 4.69) is 91.5 Å². The van der Waals surface area contributed by atoms with E-state index in [1.165, 1.54) is 31.2 Å². The van der Waals surface area contributed by atoms with Gasteiger partial charge < -0.3 is 148 Å². The van der Waals surface area contributed by atoms with Crippen LogP contribution in [0.25, 0.3) is 10.9 Å². The maximum Gasteiger partial charge on any atom is 0.328 e. The molecule has 3 aromatic rings. The fourth-order valence-corrected chi connectivity index (χ4v) is 11.8. The van der Waals surface area contributed by atoms with Crippen molar-refractivity contribution in [3.8, 4) is 5.75 Å². The molecular formula is C76H128N30O16. The first-order valence-corrected chi connectivity index (χ1v) is 39.9. The number of aromatic amines is 1. The number of nitrogens with zero attached hydrogens (tertiary/aromatic N) is 12. The quantitative estimate of drug-likeness (QED) is 0.0219. The van der Waals surface area contributed by atoms with Crippen LogP contribution in [-0.4, -0.2) is 313 Å². The molecule has 0 aliphatic rings. The highest BCUT2D eigenvalue weighted by molar-refractivity contribution is 5.96. The zero-order chi connectivity index (χ0) is 91.1. The number of aliphatic imine (C=N–C) groups is 12. The Hall–Kier alpha value is -12.9. The summed E-state index contributed by atoms with van der Waals surface area (Å²) in [7, 11) is 0. The van der Waals surface area contributed by atoms with Crippen LogP contribution >= 0.6 is 0 Å². The molecule has 13 atom stereocenters. The first kappa shape index (κ1) is 103. The minimum atomic E-state index is -1.55. The number of aliphatic hydroxyl groups excluding tert-OH is 13. The predicted octanol–water partition coefficient (Wildman–Crippen LogP) is 3.15. The highest BCUT2D eigenvalue weighted by atomic mass is 16.4. The summed E-state index contributed by atoms with van der Waals surface area (Å²) >= 11 is 0. The molecule has 3 rings (SSSR count). The molecule has 0 amide bonds. The number of carboxylic acids is 1. The van der Waals surface area contributed by atoms with Crippen molar-refractivity contribution in [2.75, 3.05) is 52.4 Å². The van der Waals surface area contributed by atoms with Crippen LogP contribution in [0.5, 0.6) is 5.75 Å². The van der Waals surface area contributed by atoms with Crippen LogP contribution in [-0.2, 0) is 17.6 Å². The largest absolute Gasteiger partial charge is 0.508 e. The van der Waals surface area contributed by atoms with Crippen LogP contribution in [0.1, 0.15) is 142 Å². The average molecular weight is 1720 g/mol. The molecule has 0 radical (unpaired) electrons. The van der Waals surface area contributed by atoms with E-state index in [9.17, 15) is 81.4 Å². The number of unbranched alkanes of at least 4 members (excludes halogenated alkanes) is 1. The van der Waals surface area contributed by atoms with E-state index >= 15 is 0 Å². The molecule has 0 aliphatic heterocycles. The van der Waals surface area contributed by atoms with Gasteiger partial charge in [-0.3, -0.25) is 27.0 Å². The van der Waals surface area contributed by atoms with Gasteiger partial charge in [-0.15, -0.1) is 0 Å². The van der Waals surface area contributed by atoms with Crippen molar-refractivity contribution in [3.05, 3.63) is 65.9 Å². The second kappa shape index (κ2) is 55.1. The summed E-state index contributed by atoms with van der Waals surface area (Å²) in [6, 6.07) is -4.35. The lowest BCUT2D eigenvalue weighted by Gasteiger charge is -2.21. The summed E-state index contributed by atoms with van der Waals surface area (Å²) in [5, 5.41) is 223. The number of guanidine groups is 5.